The van der Waals surface area contributed by atoms with Gasteiger partial charge in [-0.1, -0.05) is 29.0 Å². The molecule has 14 heteroatoms. The average Bonchev–Trinajstić information content (AvgIpc) is 3.17. The number of aliphatic hydroxyl groups is 1. The molecule has 1 aliphatic rings. The van der Waals surface area contributed by atoms with E-state index in [9.17, 15) is 31.0 Å². The zero-order valence-corrected chi connectivity index (χ0v) is 20.7. The molecule has 34 heavy (non-hydrogen) atoms. The molecule has 1 aliphatic heterocycles. The topological polar surface area (TPSA) is 151 Å². The summed E-state index contributed by atoms with van der Waals surface area (Å²) >= 11 is 7.35. The maximum absolute atomic E-state index is 11.6. The van der Waals surface area contributed by atoms with Crippen molar-refractivity contribution in [3.05, 3.63) is 57.9 Å². The second-order valence-corrected chi connectivity index (χ2v) is 12.0. The van der Waals surface area contributed by atoms with Gasteiger partial charge in [-0.25, -0.2) is 16.8 Å². The molecule has 2 heterocycles. The summed E-state index contributed by atoms with van der Waals surface area (Å²) in [6, 6.07) is 10.1. The molecule has 0 fully saturated rings. The number of aromatic nitrogens is 1. The van der Waals surface area contributed by atoms with Crippen LogP contribution < -0.4 is 14.2 Å². The van der Waals surface area contributed by atoms with E-state index in [0.29, 0.717) is 27.0 Å². The summed E-state index contributed by atoms with van der Waals surface area (Å²) < 4.78 is 76.2. The van der Waals surface area contributed by atoms with Crippen LogP contribution in [0, 0.1) is 6.92 Å². The van der Waals surface area contributed by atoms with Gasteiger partial charge in [0.1, 0.15) is 26.8 Å². The summed E-state index contributed by atoms with van der Waals surface area (Å²) in [7, 11) is -9.35. The lowest BCUT2D eigenvalue weighted by molar-refractivity contribution is -0.675. The Labute approximate surface area is 204 Å². The number of nitrogens with zero attached hydrogens (tertiary/aromatic N) is 2. The molecular formula is C20H18ClN2O8S3-. The molecule has 0 saturated heterocycles. The smallest absolute Gasteiger partial charge is 0.268 e. The van der Waals surface area contributed by atoms with Crippen LogP contribution in [0.25, 0.3) is 16.3 Å². The minimum Gasteiger partial charge on any atom is -0.748 e. The molecule has 1 N–H and O–H groups in total. The monoisotopic (exact) mass is 545 g/mol. The first-order chi connectivity index (χ1) is 15.8. The molecule has 4 rings (SSSR count). The van der Waals surface area contributed by atoms with Crippen molar-refractivity contribution in [1.82, 2.24) is 0 Å². The molecule has 0 amide bonds. The minimum absolute atomic E-state index is 0.0531. The van der Waals surface area contributed by atoms with E-state index in [2.05, 4.69) is 0 Å². The van der Waals surface area contributed by atoms with Crippen molar-refractivity contribution in [3.8, 4) is 5.75 Å². The van der Waals surface area contributed by atoms with Crippen LogP contribution in [0.1, 0.15) is 10.6 Å². The lowest BCUT2D eigenvalue weighted by Gasteiger charge is -2.20. The molecule has 182 valence electrons. The van der Waals surface area contributed by atoms with Gasteiger partial charge < -0.3 is 18.9 Å². The fourth-order valence-corrected chi connectivity index (χ4v) is 5.99. The van der Waals surface area contributed by atoms with Crippen LogP contribution in [0.4, 0.5) is 5.69 Å². The number of anilines is 1. The van der Waals surface area contributed by atoms with Crippen molar-refractivity contribution in [2.45, 2.75) is 19.6 Å². The van der Waals surface area contributed by atoms with Crippen molar-refractivity contribution in [2.75, 3.05) is 16.5 Å². The Hall–Kier alpha value is -2.26. The number of rotatable bonds is 7. The molecule has 0 spiro atoms. The van der Waals surface area contributed by atoms with Crippen molar-refractivity contribution in [1.29, 1.82) is 0 Å². The number of halogens is 1. The quantitative estimate of drug-likeness (QED) is 0.346. The number of aryl methyl sites for hydroxylation is 1. The number of hydrogen-bond donors (Lipinski definition) is 1. The standard InChI is InChI=1S/C20H19ClN2O8S3/c1-12-2-4-17-15(6-12)23(11-34(28,29)30)19(31-17)8-20-22(9-14(24)10-33(25,26)27)16-7-13(21)3-5-18(16)32-20/h2-8,14,24H,9-11H2,1H3,(H-,25,26,27,28,29,30)/p-1. The van der Waals surface area contributed by atoms with Gasteiger partial charge in [-0.05, 0) is 36.8 Å². The third-order valence-electron chi connectivity index (χ3n) is 4.90. The Morgan fingerprint density at radius 2 is 1.91 bits per heavy atom. The Kier molecular flexibility index (Phi) is 6.63. The molecule has 1 aromatic heterocycles. The van der Waals surface area contributed by atoms with Crippen molar-refractivity contribution >= 4 is 65.2 Å². The molecular weight excluding hydrogens is 528 g/mol. The number of hydrogen-bond acceptors (Lipinski definition) is 10. The summed E-state index contributed by atoms with van der Waals surface area (Å²) in [5.74, 6) is -1.45. The molecule has 0 radical (unpaired) electrons. The number of benzene rings is 2. The van der Waals surface area contributed by atoms with Crippen LogP contribution in [0.2, 0.25) is 5.02 Å². The minimum atomic E-state index is -4.68. The highest BCUT2D eigenvalue weighted by Crippen LogP contribution is 2.40. The highest BCUT2D eigenvalue weighted by Gasteiger charge is 2.31. The first kappa shape index (κ1) is 24.9. The molecule has 1 unspecified atom stereocenters. The SMILES string of the molecule is Cc1ccc2c(c1)N(CS(=O)(=O)[O-])/C(=C/c1sc3ccc(Cl)cc3[n+]1CC(O)CS(=O)(=O)[O-])O2. The van der Waals surface area contributed by atoms with Crippen LogP contribution in [0.5, 0.6) is 5.75 Å². The van der Waals surface area contributed by atoms with E-state index in [1.165, 1.54) is 22.3 Å². The van der Waals surface area contributed by atoms with Crippen molar-refractivity contribution in [3.63, 3.8) is 0 Å². The van der Waals surface area contributed by atoms with Gasteiger partial charge in [-0.15, -0.1) is 0 Å². The highest BCUT2D eigenvalue weighted by atomic mass is 35.5. The van der Waals surface area contributed by atoms with Gasteiger partial charge in [0.2, 0.25) is 11.4 Å². The van der Waals surface area contributed by atoms with Gasteiger partial charge in [0.25, 0.3) is 5.01 Å². The highest BCUT2D eigenvalue weighted by molar-refractivity contribution is 7.86. The summed E-state index contributed by atoms with van der Waals surface area (Å²) in [5, 5.41) is 11.1. The summed E-state index contributed by atoms with van der Waals surface area (Å²) in [4.78, 5) is 1.23. The van der Waals surface area contributed by atoms with E-state index in [1.54, 1.807) is 47.9 Å². The van der Waals surface area contributed by atoms with Crippen LogP contribution in [0.3, 0.4) is 0 Å². The van der Waals surface area contributed by atoms with E-state index >= 15 is 0 Å². The predicted octanol–water partition coefficient (Wildman–Crippen LogP) is 1.76. The Balaban J connectivity index is 1.83. The molecule has 10 nitrogen and oxygen atoms in total. The summed E-state index contributed by atoms with van der Waals surface area (Å²) in [5.41, 5.74) is 1.78. The zero-order valence-electron chi connectivity index (χ0n) is 17.5. The third kappa shape index (κ3) is 5.68. The van der Waals surface area contributed by atoms with E-state index in [1.807, 2.05) is 0 Å². The maximum atomic E-state index is 11.6. The second kappa shape index (κ2) is 9.07. The van der Waals surface area contributed by atoms with Gasteiger partial charge in [-0.2, -0.15) is 4.57 Å². The van der Waals surface area contributed by atoms with Crippen LogP contribution >= 0.6 is 22.9 Å². The Morgan fingerprint density at radius 3 is 2.59 bits per heavy atom. The number of fused-ring (bicyclic) bond motifs is 2. The van der Waals surface area contributed by atoms with Crippen LogP contribution in [-0.4, -0.2) is 48.8 Å². The second-order valence-electron chi connectivity index (χ2n) is 7.71. The van der Waals surface area contributed by atoms with Crippen molar-refractivity contribution in [2.24, 2.45) is 0 Å². The summed E-state index contributed by atoms with van der Waals surface area (Å²) in [6.45, 7) is 1.55. The third-order valence-corrected chi connectivity index (χ3v) is 7.62. The van der Waals surface area contributed by atoms with Crippen LogP contribution in [0.15, 0.2) is 42.3 Å². The number of ether oxygens (including phenoxy) is 1. The van der Waals surface area contributed by atoms with Gasteiger partial charge in [0.15, 0.2) is 12.3 Å². The van der Waals surface area contributed by atoms with E-state index in [4.69, 9.17) is 16.3 Å². The molecule has 0 aliphatic carbocycles. The first-order valence-corrected chi connectivity index (χ1v) is 14.1. The first-order valence-electron chi connectivity index (χ1n) is 9.74. The van der Waals surface area contributed by atoms with Gasteiger partial charge in [0, 0.05) is 11.1 Å². The predicted molar refractivity (Wildman–Crippen MR) is 124 cm³/mol. The lowest BCUT2D eigenvalue weighted by Crippen LogP contribution is -2.43. The average molecular weight is 546 g/mol. The zero-order chi connectivity index (χ0) is 24.8. The molecule has 1 atom stereocenters. The van der Waals surface area contributed by atoms with Crippen molar-refractivity contribution < 1.29 is 40.4 Å². The largest absolute Gasteiger partial charge is 0.748 e. The molecule has 0 saturated carbocycles. The van der Waals surface area contributed by atoms with Crippen LogP contribution in [-0.2, 0) is 26.8 Å². The van der Waals surface area contributed by atoms with E-state index in [-0.39, 0.29) is 12.4 Å². The molecule has 3 aromatic rings. The maximum Gasteiger partial charge on any atom is 0.268 e. The van der Waals surface area contributed by atoms with Gasteiger partial charge in [-0.3, -0.25) is 4.90 Å². The number of aliphatic hydroxyl groups excluding tert-OH is 1. The molecule has 2 aromatic carbocycles. The fraction of sp³-hybridized carbons (Fsp3) is 0.250. The number of thiazole rings is 1. The van der Waals surface area contributed by atoms with E-state index in [0.717, 1.165) is 10.3 Å². The van der Waals surface area contributed by atoms with E-state index < -0.39 is 38.0 Å². The Morgan fingerprint density at radius 1 is 1.18 bits per heavy atom. The lowest BCUT2D eigenvalue weighted by atomic mass is 10.2. The normalized spacial score (nSPS) is 16.1. The molecule has 0 bridgehead atoms. The Bertz CT molecular complexity index is 1520. The van der Waals surface area contributed by atoms with Gasteiger partial charge in [0.05, 0.1) is 27.6 Å². The fourth-order valence-electron chi connectivity index (χ4n) is 3.58. The summed E-state index contributed by atoms with van der Waals surface area (Å²) in [6.07, 6.45) is -0.0266. The van der Waals surface area contributed by atoms with Gasteiger partial charge >= 0.3 is 0 Å².